The highest BCUT2D eigenvalue weighted by Gasteiger charge is 2.33. The Morgan fingerprint density at radius 1 is 1.42 bits per heavy atom. The summed E-state index contributed by atoms with van der Waals surface area (Å²) >= 11 is 0. The molecule has 0 bridgehead atoms. The van der Waals surface area contributed by atoms with Gasteiger partial charge in [0.2, 0.25) is 17.7 Å². The lowest BCUT2D eigenvalue weighted by atomic mass is 10.0. The third-order valence-corrected chi connectivity index (χ3v) is 4.15. The summed E-state index contributed by atoms with van der Waals surface area (Å²) in [7, 11) is 1.57. The molecule has 0 unspecified atom stereocenters. The van der Waals surface area contributed by atoms with Gasteiger partial charge in [-0.2, -0.15) is 0 Å². The predicted molar refractivity (Wildman–Crippen MR) is 88.2 cm³/mol. The molecule has 0 aromatic heterocycles. The van der Waals surface area contributed by atoms with Crippen molar-refractivity contribution in [2.75, 3.05) is 20.2 Å². The lowest BCUT2D eigenvalue weighted by Crippen LogP contribution is -2.48. The van der Waals surface area contributed by atoms with Gasteiger partial charge in [-0.15, -0.1) is 0 Å². The fourth-order valence-corrected chi connectivity index (χ4v) is 2.89. The second kappa shape index (κ2) is 7.81. The third-order valence-electron chi connectivity index (χ3n) is 4.15. The molecule has 0 spiro atoms. The van der Waals surface area contributed by atoms with Crippen molar-refractivity contribution < 1.29 is 19.1 Å². The summed E-state index contributed by atoms with van der Waals surface area (Å²) in [5.74, 6) is -0.493. The van der Waals surface area contributed by atoms with Crippen LogP contribution in [0, 0.1) is 5.92 Å². The second-order valence-electron chi connectivity index (χ2n) is 5.98. The highest BCUT2D eigenvalue weighted by Crippen LogP contribution is 2.19. The van der Waals surface area contributed by atoms with E-state index in [9.17, 15) is 14.4 Å². The number of nitrogens with zero attached hydrogens (tertiary/aromatic N) is 1. The first-order valence-corrected chi connectivity index (χ1v) is 7.89. The zero-order valence-electron chi connectivity index (χ0n) is 14.0. The molecule has 3 N–H and O–H groups in total. The lowest BCUT2D eigenvalue weighted by molar-refractivity contribution is -0.135. The summed E-state index contributed by atoms with van der Waals surface area (Å²) in [6, 6.07) is 6.68. The van der Waals surface area contributed by atoms with Crippen LogP contribution < -0.4 is 15.8 Å². The maximum atomic E-state index is 12.7. The van der Waals surface area contributed by atoms with E-state index < -0.39 is 11.9 Å². The van der Waals surface area contributed by atoms with Crippen LogP contribution in [0.3, 0.4) is 0 Å². The first-order chi connectivity index (χ1) is 11.4. The fourth-order valence-electron chi connectivity index (χ4n) is 2.89. The summed E-state index contributed by atoms with van der Waals surface area (Å²) in [6.07, 6.45) is 0.917. The third kappa shape index (κ3) is 4.47. The molecule has 1 aromatic rings. The Morgan fingerprint density at radius 2 is 2.17 bits per heavy atom. The van der Waals surface area contributed by atoms with Gasteiger partial charge in [-0.05, 0) is 24.1 Å². The number of methoxy groups -OCH3 is 1. The number of hydrogen-bond donors (Lipinski definition) is 2. The van der Waals surface area contributed by atoms with Gasteiger partial charge in [0, 0.05) is 26.4 Å². The Labute approximate surface area is 141 Å². The van der Waals surface area contributed by atoms with E-state index >= 15 is 0 Å². The minimum atomic E-state index is -0.679. The van der Waals surface area contributed by atoms with Crippen molar-refractivity contribution in [3.8, 4) is 5.75 Å². The van der Waals surface area contributed by atoms with Crippen molar-refractivity contribution >= 4 is 17.7 Å². The molecule has 3 amide bonds. The smallest absolute Gasteiger partial charge is 0.245 e. The molecule has 0 radical (unpaired) electrons. The van der Waals surface area contributed by atoms with Gasteiger partial charge in [-0.3, -0.25) is 14.4 Å². The van der Waals surface area contributed by atoms with Crippen LogP contribution in [0.5, 0.6) is 5.75 Å². The molecule has 1 saturated heterocycles. The van der Waals surface area contributed by atoms with Crippen molar-refractivity contribution in [3.63, 3.8) is 0 Å². The van der Waals surface area contributed by atoms with Crippen LogP contribution in [0.2, 0.25) is 0 Å². The quantitative estimate of drug-likeness (QED) is 0.769. The zero-order valence-corrected chi connectivity index (χ0v) is 14.0. The normalized spacial score (nSPS) is 18.1. The number of nitrogens with two attached hydrogens (primary N) is 1. The van der Waals surface area contributed by atoms with Crippen molar-refractivity contribution in [1.82, 2.24) is 10.2 Å². The molecule has 2 atom stereocenters. The predicted octanol–water partition coefficient (Wildman–Crippen LogP) is 0.0762. The van der Waals surface area contributed by atoms with Crippen LogP contribution in [0.1, 0.15) is 18.9 Å². The number of ether oxygens (including phenoxy) is 1. The molecule has 2 rings (SSSR count). The summed E-state index contributed by atoms with van der Waals surface area (Å²) < 4.78 is 5.18. The first-order valence-electron chi connectivity index (χ1n) is 7.89. The van der Waals surface area contributed by atoms with Gasteiger partial charge in [0.15, 0.2) is 0 Å². The number of benzene rings is 1. The summed E-state index contributed by atoms with van der Waals surface area (Å²) in [5, 5.41) is 2.70. The van der Waals surface area contributed by atoms with Gasteiger partial charge in [-0.25, -0.2) is 0 Å². The standard InChI is InChI=1S/C17H23N3O4/c1-11(21)19-15(9-12-4-3-5-14(8-12)24-2)17(23)20-7-6-13(10-20)16(18)22/h3-5,8,13,15H,6-7,9-10H2,1-2H3,(H2,18,22)(H,19,21)/t13-,15-/m0/s1. The Kier molecular flexibility index (Phi) is 5.78. The van der Waals surface area contributed by atoms with Gasteiger partial charge in [-0.1, -0.05) is 12.1 Å². The van der Waals surface area contributed by atoms with Crippen molar-refractivity contribution in [2.24, 2.45) is 11.7 Å². The Bertz CT molecular complexity index is 632. The molecule has 1 aromatic carbocycles. The van der Waals surface area contributed by atoms with E-state index in [1.54, 1.807) is 12.0 Å². The number of nitrogens with one attached hydrogen (secondary N) is 1. The zero-order chi connectivity index (χ0) is 17.7. The number of rotatable bonds is 6. The topological polar surface area (TPSA) is 102 Å². The molecule has 24 heavy (non-hydrogen) atoms. The van der Waals surface area contributed by atoms with Crippen LogP contribution in [-0.2, 0) is 20.8 Å². The molecule has 1 fully saturated rings. The molecule has 7 heteroatoms. The largest absolute Gasteiger partial charge is 0.497 e. The molecule has 0 aliphatic carbocycles. The highest BCUT2D eigenvalue weighted by molar-refractivity contribution is 5.88. The van der Waals surface area contributed by atoms with E-state index in [-0.39, 0.29) is 17.7 Å². The molecule has 7 nitrogen and oxygen atoms in total. The van der Waals surface area contributed by atoms with Crippen molar-refractivity contribution in [2.45, 2.75) is 25.8 Å². The van der Waals surface area contributed by atoms with Crippen molar-refractivity contribution in [1.29, 1.82) is 0 Å². The number of carbonyl (C=O) groups is 3. The average molecular weight is 333 g/mol. The first kappa shape index (κ1) is 17.8. The minimum Gasteiger partial charge on any atom is -0.497 e. The van der Waals surface area contributed by atoms with Gasteiger partial charge in [0.1, 0.15) is 11.8 Å². The molecular formula is C17H23N3O4. The van der Waals surface area contributed by atoms with Crippen molar-refractivity contribution in [3.05, 3.63) is 29.8 Å². The Hall–Kier alpha value is -2.57. The van der Waals surface area contributed by atoms with E-state index in [2.05, 4.69) is 5.32 Å². The van der Waals surface area contributed by atoms with Crippen LogP contribution in [0.15, 0.2) is 24.3 Å². The average Bonchev–Trinajstić information content (AvgIpc) is 3.03. The van der Waals surface area contributed by atoms with Crippen LogP contribution in [0.4, 0.5) is 0 Å². The molecule has 130 valence electrons. The maximum absolute atomic E-state index is 12.7. The van der Waals surface area contributed by atoms with Crippen LogP contribution in [0.25, 0.3) is 0 Å². The fraction of sp³-hybridized carbons (Fsp3) is 0.471. The van der Waals surface area contributed by atoms with E-state index in [1.165, 1.54) is 6.92 Å². The maximum Gasteiger partial charge on any atom is 0.245 e. The number of carbonyl (C=O) groups excluding carboxylic acids is 3. The highest BCUT2D eigenvalue weighted by atomic mass is 16.5. The summed E-state index contributed by atoms with van der Waals surface area (Å²) in [6.45, 7) is 2.16. The Balaban J connectivity index is 2.11. The molecule has 1 aliphatic rings. The monoisotopic (exact) mass is 333 g/mol. The molecular weight excluding hydrogens is 310 g/mol. The van der Waals surface area contributed by atoms with Crippen LogP contribution in [-0.4, -0.2) is 48.9 Å². The van der Waals surface area contributed by atoms with Gasteiger partial charge in [0.05, 0.1) is 13.0 Å². The SMILES string of the molecule is COc1cccc(C[C@H](NC(C)=O)C(=O)N2CC[C@H](C(N)=O)C2)c1. The second-order valence-corrected chi connectivity index (χ2v) is 5.98. The number of likely N-dealkylation sites (tertiary alicyclic amines) is 1. The number of hydrogen-bond acceptors (Lipinski definition) is 4. The number of primary amides is 1. The van der Waals surface area contributed by atoms with Gasteiger partial charge in [0.25, 0.3) is 0 Å². The molecule has 1 heterocycles. The summed E-state index contributed by atoms with van der Waals surface area (Å²) in [4.78, 5) is 37.1. The Morgan fingerprint density at radius 3 is 2.75 bits per heavy atom. The molecule has 1 aliphatic heterocycles. The summed E-state index contributed by atoms with van der Waals surface area (Å²) in [5.41, 5.74) is 6.19. The number of amides is 3. The van der Waals surface area contributed by atoms with E-state index in [0.717, 1.165) is 5.56 Å². The van der Waals surface area contributed by atoms with E-state index in [0.29, 0.717) is 31.7 Å². The van der Waals surface area contributed by atoms with E-state index in [4.69, 9.17) is 10.5 Å². The molecule has 0 saturated carbocycles. The minimum absolute atomic E-state index is 0.197. The van der Waals surface area contributed by atoms with E-state index in [1.807, 2.05) is 24.3 Å². The lowest BCUT2D eigenvalue weighted by Gasteiger charge is -2.24. The van der Waals surface area contributed by atoms with Gasteiger partial charge >= 0.3 is 0 Å². The van der Waals surface area contributed by atoms with Crippen LogP contribution >= 0.6 is 0 Å². The van der Waals surface area contributed by atoms with Gasteiger partial charge < -0.3 is 20.7 Å².